The van der Waals surface area contributed by atoms with Gasteiger partial charge in [0.2, 0.25) is 12.0 Å². The van der Waals surface area contributed by atoms with E-state index in [1.807, 2.05) is 0 Å². The summed E-state index contributed by atoms with van der Waals surface area (Å²) in [4.78, 5) is 12.7. The topological polar surface area (TPSA) is 229 Å². The summed E-state index contributed by atoms with van der Waals surface area (Å²) < 4.78 is 27.7. The predicted octanol–water partition coefficient (Wildman–Crippen LogP) is -0.754. The van der Waals surface area contributed by atoms with Gasteiger partial charge in [0.05, 0.1) is 12.7 Å². The summed E-state index contributed by atoms with van der Waals surface area (Å²) in [6.45, 7) is 1.11. The molecule has 0 aliphatic carbocycles. The van der Waals surface area contributed by atoms with Gasteiger partial charge in [-0.1, -0.05) is 0 Å². The van der Waals surface area contributed by atoms with Crippen molar-refractivity contribution in [2.24, 2.45) is 0 Å². The highest BCUT2D eigenvalue weighted by Crippen LogP contribution is 2.43. The molecule has 3 aromatic rings. The average molecular weight is 564 g/mol. The highest BCUT2D eigenvalue weighted by atomic mass is 16.7. The van der Waals surface area contributed by atoms with Crippen molar-refractivity contribution in [2.75, 3.05) is 6.61 Å². The van der Waals surface area contributed by atoms with Crippen molar-refractivity contribution in [3.05, 3.63) is 46.6 Å². The molecule has 5 rings (SSSR count). The van der Waals surface area contributed by atoms with Gasteiger partial charge in [0.15, 0.2) is 23.2 Å². The van der Waals surface area contributed by atoms with Crippen LogP contribution in [-0.2, 0) is 14.2 Å². The van der Waals surface area contributed by atoms with Crippen molar-refractivity contribution in [3.8, 4) is 34.3 Å². The number of phenols is 3. The SMILES string of the molecule is C[C@@H]1O[C@@H](Oc2cc3oc(-c4ccc(O)cc4)cc(=O)c3c(O)c2O)C(O)C(O)[C@H]1O[C@@H]1OC[C@@H](O)[C@H](O)C1O. The molecule has 2 aromatic carbocycles. The molecule has 14 nitrogen and oxygen atoms in total. The Kier molecular flexibility index (Phi) is 7.60. The molecule has 216 valence electrons. The summed E-state index contributed by atoms with van der Waals surface area (Å²) in [6, 6.07) is 7.99. The van der Waals surface area contributed by atoms with Gasteiger partial charge in [-0.25, -0.2) is 0 Å². The molecular weight excluding hydrogens is 536 g/mol. The molecule has 3 unspecified atom stereocenters. The first-order valence-corrected chi connectivity index (χ1v) is 12.3. The monoisotopic (exact) mass is 564 g/mol. The van der Waals surface area contributed by atoms with Gasteiger partial charge in [-0.15, -0.1) is 0 Å². The Labute approximate surface area is 225 Å². The van der Waals surface area contributed by atoms with Crippen LogP contribution in [0.2, 0.25) is 0 Å². The van der Waals surface area contributed by atoms with Gasteiger partial charge < -0.3 is 64.2 Å². The van der Waals surface area contributed by atoms with E-state index in [-0.39, 0.29) is 29.1 Å². The van der Waals surface area contributed by atoms with Crippen molar-refractivity contribution < 1.29 is 64.2 Å². The molecule has 0 spiro atoms. The Morgan fingerprint density at radius 1 is 0.850 bits per heavy atom. The minimum atomic E-state index is -1.79. The van der Waals surface area contributed by atoms with E-state index >= 15 is 0 Å². The fourth-order valence-corrected chi connectivity index (χ4v) is 4.60. The molecule has 2 fully saturated rings. The second-order valence-corrected chi connectivity index (χ2v) is 9.63. The number of hydrogen-bond acceptors (Lipinski definition) is 14. The number of aliphatic hydroxyl groups is 5. The zero-order valence-electron chi connectivity index (χ0n) is 20.9. The van der Waals surface area contributed by atoms with Gasteiger partial charge in [-0.2, -0.15) is 0 Å². The van der Waals surface area contributed by atoms with Crippen molar-refractivity contribution in [1.29, 1.82) is 0 Å². The lowest BCUT2D eigenvalue weighted by Gasteiger charge is -2.44. The van der Waals surface area contributed by atoms with Crippen LogP contribution < -0.4 is 10.2 Å². The lowest BCUT2D eigenvalue weighted by Crippen LogP contribution is -2.62. The summed E-state index contributed by atoms with van der Waals surface area (Å²) in [5.41, 5.74) is -0.411. The minimum Gasteiger partial charge on any atom is -0.508 e. The minimum absolute atomic E-state index is 0.000862. The maximum Gasteiger partial charge on any atom is 0.229 e. The lowest BCUT2D eigenvalue weighted by atomic mass is 9.99. The molecule has 2 aliphatic rings. The molecule has 2 aliphatic heterocycles. The molecule has 14 heteroatoms. The maximum atomic E-state index is 12.7. The summed E-state index contributed by atoms with van der Waals surface area (Å²) in [7, 11) is 0. The Morgan fingerprint density at radius 2 is 1.52 bits per heavy atom. The molecule has 3 heterocycles. The highest BCUT2D eigenvalue weighted by molar-refractivity contribution is 5.89. The first kappa shape index (κ1) is 28.1. The molecular formula is C26H28O14. The van der Waals surface area contributed by atoms with E-state index in [1.165, 1.54) is 31.2 Å². The second kappa shape index (κ2) is 10.8. The number of fused-ring (bicyclic) bond motifs is 1. The van der Waals surface area contributed by atoms with E-state index in [2.05, 4.69) is 0 Å². The molecule has 2 saturated heterocycles. The first-order chi connectivity index (χ1) is 19.0. The van der Waals surface area contributed by atoms with Gasteiger partial charge in [-0.3, -0.25) is 4.79 Å². The largest absolute Gasteiger partial charge is 0.508 e. The number of benzene rings is 2. The Bertz CT molecular complexity index is 1420. The second-order valence-electron chi connectivity index (χ2n) is 9.63. The molecule has 1 aromatic heterocycles. The predicted molar refractivity (Wildman–Crippen MR) is 133 cm³/mol. The van der Waals surface area contributed by atoms with E-state index < -0.39 is 78.0 Å². The van der Waals surface area contributed by atoms with Crippen molar-refractivity contribution in [2.45, 2.75) is 62.2 Å². The van der Waals surface area contributed by atoms with E-state index in [0.29, 0.717) is 5.56 Å². The van der Waals surface area contributed by atoms with E-state index in [1.54, 1.807) is 0 Å². The van der Waals surface area contributed by atoms with Gasteiger partial charge in [0.25, 0.3) is 0 Å². The van der Waals surface area contributed by atoms with Crippen LogP contribution >= 0.6 is 0 Å². The van der Waals surface area contributed by atoms with Crippen molar-refractivity contribution >= 4 is 11.0 Å². The van der Waals surface area contributed by atoms with Gasteiger partial charge in [0.1, 0.15) is 59.1 Å². The van der Waals surface area contributed by atoms with Crippen molar-refractivity contribution in [1.82, 2.24) is 0 Å². The fraction of sp³-hybridized carbons (Fsp3) is 0.423. The third-order valence-electron chi connectivity index (χ3n) is 6.85. The van der Waals surface area contributed by atoms with Crippen LogP contribution in [0.4, 0.5) is 0 Å². The van der Waals surface area contributed by atoms with Gasteiger partial charge in [0, 0.05) is 17.7 Å². The number of phenolic OH excluding ortho intramolecular Hbond substituents is 3. The van der Waals surface area contributed by atoms with Crippen LogP contribution in [0.1, 0.15) is 6.92 Å². The number of rotatable bonds is 5. The van der Waals surface area contributed by atoms with Crippen LogP contribution in [0.15, 0.2) is 45.6 Å². The standard InChI is InChI=1S/C26H28O14/c1-9-24(40-25-22(34)18(30)13(29)8-36-25)21(33)23(35)26(37-9)39-16-7-15-17(20(32)19(16)31)12(28)6-14(38-15)10-2-4-11(27)5-3-10/h2-7,9,13,18,21-27,29-35H,8H2,1H3/t9-,13+,18-,21?,22?,23?,24-,25-,26-/m0/s1. The zero-order chi connectivity index (χ0) is 28.9. The van der Waals surface area contributed by atoms with Crippen LogP contribution in [0.3, 0.4) is 0 Å². The summed E-state index contributed by atoms with van der Waals surface area (Å²) in [5.74, 6) is -2.04. The molecule has 0 radical (unpaired) electrons. The van der Waals surface area contributed by atoms with E-state index in [0.717, 1.165) is 12.1 Å². The lowest BCUT2D eigenvalue weighted by molar-refractivity contribution is -0.334. The van der Waals surface area contributed by atoms with E-state index in [4.69, 9.17) is 23.4 Å². The molecule has 8 N–H and O–H groups in total. The van der Waals surface area contributed by atoms with Crippen LogP contribution in [0.5, 0.6) is 23.0 Å². The average Bonchev–Trinajstić information content (AvgIpc) is 2.92. The zero-order valence-corrected chi connectivity index (χ0v) is 20.9. The molecule has 9 atom stereocenters. The third kappa shape index (κ3) is 5.07. The number of aromatic hydroxyl groups is 3. The first-order valence-electron chi connectivity index (χ1n) is 12.3. The third-order valence-corrected chi connectivity index (χ3v) is 6.85. The van der Waals surface area contributed by atoms with E-state index in [9.17, 15) is 45.6 Å². The van der Waals surface area contributed by atoms with Gasteiger partial charge >= 0.3 is 0 Å². The number of hydrogen-bond donors (Lipinski definition) is 8. The van der Waals surface area contributed by atoms with Crippen LogP contribution in [-0.4, -0.2) is 103 Å². The Balaban J connectivity index is 1.39. The number of ether oxygens (including phenoxy) is 4. The Morgan fingerprint density at radius 3 is 2.23 bits per heavy atom. The summed E-state index contributed by atoms with van der Waals surface area (Å²) in [6.07, 6.45) is -13.3. The molecule has 0 bridgehead atoms. The molecule has 0 amide bonds. The smallest absolute Gasteiger partial charge is 0.229 e. The summed E-state index contributed by atoms with van der Waals surface area (Å²) in [5, 5.41) is 81.3. The van der Waals surface area contributed by atoms with Crippen LogP contribution in [0.25, 0.3) is 22.3 Å². The van der Waals surface area contributed by atoms with Crippen molar-refractivity contribution in [3.63, 3.8) is 0 Å². The van der Waals surface area contributed by atoms with Gasteiger partial charge in [-0.05, 0) is 31.2 Å². The number of aliphatic hydroxyl groups excluding tert-OH is 5. The Hall–Kier alpha value is -3.47. The fourth-order valence-electron chi connectivity index (χ4n) is 4.60. The maximum absolute atomic E-state index is 12.7. The summed E-state index contributed by atoms with van der Waals surface area (Å²) >= 11 is 0. The normalized spacial score (nSPS) is 32.7. The molecule has 0 saturated carbocycles. The molecule has 40 heavy (non-hydrogen) atoms. The van der Waals surface area contributed by atoms with Crippen LogP contribution in [0, 0.1) is 0 Å². The quantitative estimate of drug-likeness (QED) is 0.178. The highest BCUT2D eigenvalue weighted by Gasteiger charge is 2.48.